The Balaban J connectivity index is 1.46. The van der Waals surface area contributed by atoms with Crippen LogP contribution in [0, 0.1) is 0 Å². The van der Waals surface area contributed by atoms with E-state index in [-0.39, 0.29) is 17.2 Å². The van der Waals surface area contributed by atoms with Crippen LogP contribution in [0.4, 0.5) is 5.82 Å². The Morgan fingerprint density at radius 3 is 2.72 bits per heavy atom. The lowest BCUT2D eigenvalue weighted by atomic mass is 10.2. The van der Waals surface area contributed by atoms with Gasteiger partial charge in [0.1, 0.15) is 17.3 Å². The second-order valence-electron chi connectivity index (χ2n) is 7.29. The van der Waals surface area contributed by atoms with Crippen molar-refractivity contribution >= 4 is 27.5 Å². The minimum Gasteiger partial charge on any atom is -0.351 e. The fourth-order valence-electron chi connectivity index (χ4n) is 3.51. The summed E-state index contributed by atoms with van der Waals surface area (Å²) >= 11 is 0. The topological polar surface area (TPSA) is 127 Å². The second kappa shape index (κ2) is 9.27. The van der Waals surface area contributed by atoms with E-state index in [9.17, 15) is 18.0 Å². The van der Waals surface area contributed by atoms with Gasteiger partial charge in [-0.1, -0.05) is 12.1 Å². The highest BCUT2D eigenvalue weighted by Crippen LogP contribution is 2.35. The number of unbranched alkanes of at least 4 members (excludes halogenated alkanes) is 1. The molecule has 1 aliphatic rings. The van der Waals surface area contributed by atoms with E-state index in [1.807, 2.05) is 16.9 Å². The number of nitrogens with one attached hydrogen (secondary N) is 1. The minimum absolute atomic E-state index is 0.0881. The number of aryl methyl sites for hydroxylation is 1. The third-order valence-electron chi connectivity index (χ3n) is 4.98. The van der Waals surface area contributed by atoms with Crippen molar-refractivity contribution in [1.29, 1.82) is 0 Å². The van der Waals surface area contributed by atoms with E-state index in [2.05, 4.69) is 20.4 Å². The van der Waals surface area contributed by atoms with Crippen molar-refractivity contribution < 1.29 is 18.0 Å². The number of anilines is 1. The average molecular weight is 455 g/mol. The molecule has 32 heavy (non-hydrogen) atoms. The summed E-state index contributed by atoms with van der Waals surface area (Å²) in [7, 11) is -3.84. The number of rotatable bonds is 8. The van der Waals surface area contributed by atoms with Crippen LogP contribution in [-0.2, 0) is 21.2 Å². The summed E-state index contributed by atoms with van der Waals surface area (Å²) in [5.74, 6) is -1.40. The first-order valence-electron chi connectivity index (χ1n) is 10.1. The van der Waals surface area contributed by atoms with E-state index in [1.54, 1.807) is 30.5 Å². The van der Waals surface area contributed by atoms with Crippen LogP contribution < -0.4 is 10.2 Å². The van der Waals surface area contributed by atoms with Gasteiger partial charge in [-0.2, -0.15) is 5.10 Å². The summed E-state index contributed by atoms with van der Waals surface area (Å²) in [6.07, 6.45) is 6.67. The molecule has 0 bridgehead atoms. The number of nitrogens with zero attached hydrogens (tertiary/aromatic N) is 5. The normalized spacial score (nSPS) is 17.4. The maximum absolute atomic E-state index is 12.7. The molecule has 1 unspecified atom stereocenters. The largest absolute Gasteiger partial charge is 0.351 e. The molecule has 0 aromatic carbocycles. The molecule has 0 aliphatic carbocycles. The Bertz CT molecular complexity index is 1200. The van der Waals surface area contributed by atoms with Crippen molar-refractivity contribution in [1.82, 2.24) is 25.1 Å². The molecule has 4 heterocycles. The maximum Gasteiger partial charge on any atom is 0.269 e. The molecule has 3 aromatic heterocycles. The molecule has 1 saturated heterocycles. The van der Waals surface area contributed by atoms with Crippen LogP contribution in [0.2, 0.25) is 0 Å². The highest BCUT2D eigenvalue weighted by Gasteiger charge is 2.47. The molecule has 1 fully saturated rings. The van der Waals surface area contributed by atoms with Crippen molar-refractivity contribution in [2.45, 2.75) is 24.8 Å². The Hall–Kier alpha value is -3.60. The summed E-state index contributed by atoms with van der Waals surface area (Å²) < 4.78 is 27.3. The first kappa shape index (κ1) is 21.6. The van der Waals surface area contributed by atoms with Crippen molar-refractivity contribution in [2.24, 2.45) is 0 Å². The Kier molecular flexibility index (Phi) is 6.26. The molecule has 4 rings (SSSR count). The van der Waals surface area contributed by atoms with Crippen LogP contribution >= 0.6 is 0 Å². The summed E-state index contributed by atoms with van der Waals surface area (Å²) in [6, 6.07) is 11.3. The van der Waals surface area contributed by atoms with Gasteiger partial charge in [0.15, 0.2) is 15.2 Å². The molecule has 0 saturated carbocycles. The molecule has 1 atom stereocenters. The number of hydrogen-bond donors (Lipinski definition) is 1. The fraction of sp³-hybridized carbons (Fsp3) is 0.286. The summed E-state index contributed by atoms with van der Waals surface area (Å²) in [4.78, 5) is 34.5. The highest BCUT2D eigenvalue weighted by molar-refractivity contribution is 7.93. The standard InChI is InChI=1S/C21H22N6O4S/c28-19-15-32(30,31)21(27(19)18-9-1-2-10-22-18)17-8-5-7-16(25-17)20(29)23-11-3-4-13-26-14-6-12-24-26/h1-2,5-10,12,14,21H,3-4,11,13,15H2,(H,23,29). The number of aromatic nitrogens is 4. The lowest BCUT2D eigenvalue weighted by molar-refractivity contribution is -0.115. The number of pyridine rings is 2. The van der Waals surface area contributed by atoms with E-state index < -0.39 is 32.8 Å². The smallest absolute Gasteiger partial charge is 0.269 e. The van der Waals surface area contributed by atoms with Gasteiger partial charge in [0.05, 0.1) is 5.69 Å². The van der Waals surface area contributed by atoms with Crippen LogP contribution in [0.15, 0.2) is 61.1 Å². The SMILES string of the molecule is O=C(NCCCCn1cccn1)c1cccc(C2N(c3ccccn3)C(=O)CS2(=O)=O)n1. The van der Waals surface area contributed by atoms with E-state index >= 15 is 0 Å². The molecule has 1 N–H and O–H groups in total. The Morgan fingerprint density at radius 2 is 1.97 bits per heavy atom. The van der Waals surface area contributed by atoms with Gasteiger partial charge < -0.3 is 5.32 Å². The van der Waals surface area contributed by atoms with Crippen LogP contribution in [-0.4, -0.2) is 52.3 Å². The van der Waals surface area contributed by atoms with Crippen LogP contribution in [0.1, 0.15) is 34.4 Å². The molecule has 11 heteroatoms. The average Bonchev–Trinajstić information content (AvgIpc) is 3.38. The summed E-state index contributed by atoms with van der Waals surface area (Å²) in [5.41, 5.74) is 0.193. The van der Waals surface area contributed by atoms with Crippen LogP contribution in [0.3, 0.4) is 0 Å². The molecule has 3 aromatic rings. The lowest BCUT2D eigenvalue weighted by Crippen LogP contribution is -2.31. The monoisotopic (exact) mass is 454 g/mol. The van der Waals surface area contributed by atoms with Gasteiger partial charge in [0, 0.05) is 31.7 Å². The zero-order valence-electron chi connectivity index (χ0n) is 17.2. The predicted octanol–water partition coefficient (Wildman–Crippen LogP) is 1.34. The third-order valence-corrected chi connectivity index (χ3v) is 6.76. The van der Waals surface area contributed by atoms with Gasteiger partial charge in [-0.05, 0) is 43.2 Å². The molecule has 0 spiro atoms. The molecule has 2 amide bonds. The highest BCUT2D eigenvalue weighted by atomic mass is 32.2. The van der Waals surface area contributed by atoms with Gasteiger partial charge in [-0.15, -0.1) is 0 Å². The lowest BCUT2D eigenvalue weighted by Gasteiger charge is -2.22. The van der Waals surface area contributed by atoms with Gasteiger partial charge in [-0.25, -0.2) is 18.4 Å². The first-order valence-corrected chi connectivity index (χ1v) is 11.8. The minimum atomic E-state index is -3.84. The van der Waals surface area contributed by atoms with Crippen molar-refractivity contribution in [3.8, 4) is 0 Å². The van der Waals surface area contributed by atoms with Crippen molar-refractivity contribution in [2.75, 3.05) is 17.2 Å². The van der Waals surface area contributed by atoms with Gasteiger partial charge in [-0.3, -0.25) is 19.2 Å². The molecule has 10 nitrogen and oxygen atoms in total. The number of carbonyl (C=O) groups excluding carboxylic acids is 2. The summed E-state index contributed by atoms with van der Waals surface area (Å²) in [5, 5.41) is 5.60. The fourth-order valence-corrected chi connectivity index (χ4v) is 5.20. The van der Waals surface area contributed by atoms with Crippen LogP contribution in [0.5, 0.6) is 0 Å². The van der Waals surface area contributed by atoms with E-state index in [0.29, 0.717) is 6.54 Å². The van der Waals surface area contributed by atoms with E-state index in [1.165, 1.54) is 18.3 Å². The van der Waals surface area contributed by atoms with Gasteiger partial charge in [0.25, 0.3) is 5.91 Å². The molecular weight excluding hydrogens is 432 g/mol. The molecular formula is C21H22N6O4S. The van der Waals surface area contributed by atoms with Gasteiger partial charge in [0.2, 0.25) is 5.91 Å². The molecule has 1 aliphatic heterocycles. The van der Waals surface area contributed by atoms with E-state index in [0.717, 1.165) is 24.3 Å². The number of sulfone groups is 1. The Morgan fingerprint density at radius 1 is 1.09 bits per heavy atom. The Labute approximate surface area is 185 Å². The quantitative estimate of drug-likeness (QED) is 0.509. The van der Waals surface area contributed by atoms with E-state index in [4.69, 9.17) is 0 Å². The first-order chi connectivity index (χ1) is 15.5. The molecule has 166 valence electrons. The number of amides is 2. The predicted molar refractivity (Wildman–Crippen MR) is 116 cm³/mol. The maximum atomic E-state index is 12.7. The van der Waals surface area contributed by atoms with Crippen LogP contribution in [0.25, 0.3) is 0 Å². The molecule has 0 radical (unpaired) electrons. The zero-order chi connectivity index (χ0) is 22.6. The number of hydrogen-bond acceptors (Lipinski definition) is 7. The number of carbonyl (C=O) groups is 2. The summed E-state index contributed by atoms with van der Waals surface area (Å²) in [6.45, 7) is 1.21. The van der Waals surface area contributed by atoms with Gasteiger partial charge >= 0.3 is 0 Å². The second-order valence-corrected chi connectivity index (χ2v) is 9.35. The third kappa shape index (κ3) is 4.67. The van der Waals surface area contributed by atoms with Crippen molar-refractivity contribution in [3.63, 3.8) is 0 Å². The zero-order valence-corrected chi connectivity index (χ0v) is 18.0. The van der Waals surface area contributed by atoms with Crippen molar-refractivity contribution in [3.05, 3.63) is 72.4 Å².